The monoisotopic (exact) mass is 264 g/mol. The van der Waals surface area contributed by atoms with Crippen LogP contribution < -0.4 is 0 Å². The van der Waals surface area contributed by atoms with Crippen molar-refractivity contribution in [3.05, 3.63) is 58.4 Å². The average Bonchev–Trinajstić information content (AvgIpc) is 2.34. The molecule has 18 heavy (non-hydrogen) atoms. The molecule has 1 heterocycles. The number of ketones is 1. The molecule has 5 heteroatoms. The summed E-state index contributed by atoms with van der Waals surface area (Å²) in [5.74, 6) is -0.735. The van der Waals surface area contributed by atoms with Crippen LogP contribution in [0.15, 0.2) is 30.6 Å². The minimum absolute atomic E-state index is 0.0429. The number of nitrogens with zero attached hydrogens (tertiary/aromatic N) is 2. The van der Waals surface area contributed by atoms with Gasteiger partial charge in [0.2, 0.25) is 0 Å². The van der Waals surface area contributed by atoms with Crippen LogP contribution in [0, 0.1) is 12.7 Å². The van der Waals surface area contributed by atoms with Crippen molar-refractivity contribution in [1.29, 1.82) is 0 Å². The largest absolute Gasteiger partial charge is 0.292 e. The molecule has 0 spiro atoms. The highest BCUT2D eigenvalue weighted by Crippen LogP contribution is 2.16. The molecule has 2 aromatic rings. The number of hydrogen-bond donors (Lipinski definition) is 0. The highest BCUT2D eigenvalue weighted by atomic mass is 35.5. The summed E-state index contributed by atoms with van der Waals surface area (Å²) >= 11 is 5.57. The number of carbonyl (C=O) groups excluding carboxylic acids is 1. The molecule has 0 unspecified atom stereocenters. The van der Waals surface area contributed by atoms with Crippen molar-refractivity contribution in [1.82, 2.24) is 9.97 Å². The lowest BCUT2D eigenvalue weighted by Crippen LogP contribution is -2.07. The van der Waals surface area contributed by atoms with E-state index in [-0.39, 0.29) is 22.9 Å². The Hall–Kier alpha value is -1.81. The fourth-order valence-electron chi connectivity index (χ4n) is 1.46. The minimum Gasteiger partial charge on any atom is -0.292 e. The Kier molecular flexibility index (Phi) is 3.67. The summed E-state index contributed by atoms with van der Waals surface area (Å²) in [7, 11) is 0. The zero-order valence-corrected chi connectivity index (χ0v) is 10.4. The van der Waals surface area contributed by atoms with E-state index in [9.17, 15) is 9.18 Å². The maximum atomic E-state index is 13.2. The molecular weight excluding hydrogens is 255 g/mol. The van der Waals surface area contributed by atoms with Gasteiger partial charge < -0.3 is 0 Å². The third-order valence-corrected chi connectivity index (χ3v) is 2.72. The minimum atomic E-state index is -0.531. The SMILES string of the molecule is Cc1cnc(C(=O)Cc2ccc(Cl)c(F)c2)cn1. The smallest absolute Gasteiger partial charge is 0.187 e. The van der Waals surface area contributed by atoms with Gasteiger partial charge in [0, 0.05) is 12.6 Å². The van der Waals surface area contributed by atoms with Gasteiger partial charge in [-0.25, -0.2) is 9.37 Å². The van der Waals surface area contributed by atoms with Crippen molar-refractivity contribution in [2.75, 3.05) is 0 Å². The lowest BCUT2D eigenvalue weighted by molar-refractivity contribution is 0.0988. The number of halogens is 2. The van der Waals surface area contributed by atoms with Crippen molar-refractivity contribution >= 4 is 17.4 Å². The van der Waals surface area contributed by atoms with Crippen LogP contribution in [0.3, 0.4) is 0 Å². The van der Waals surface area contributed by atoms with E-state index in [1.807, 2.05) is 0 Å². The Balaban J connectivity index is 2.16. The van der Waals surface area contributed by atoms with Gasteiger partial charge >= 0.3 is 0 Å². The number of carbonyl (C=O) groups is 1. The van der Waals surface area contributed by atoms with Crippen LogP contribution in [-0.2, 0) is 6.42 Å². The van der Waals surface area contributed by atoms with Crippen molar-refractivity contribution < 1.29 is 9.18 Å². The van der Waals surface area contributed by atoms with Crippen molar-refractivity contribution in [3.63, 3.8) is 0 Å². The predicted molar refractivity (Wildman–Crippen MR) is 66.2 cm³/mol. The van der Waals surface area contributed by atoms with Gasteiger partial charge in [-0.05, 0) is 24.6 Å². The maximum absolute atomic E-state index is 13.2. The first kappa shape index (κ1) is 12.6. The van der Waals surface area contributed by atoms with Crippen LogP contribution in [0.25, 0.3) is 0 Å². The number of rotatable bonds is 3. The van der Waals surface area contributed by atoms with Gasteiger partial charge in [0.05, 0.1) is 16.9 Å². The Morgan fingerprint density at radius 3 is 2.72 bits per heavy atom. The van der Waals surface area contributed by atoms with Crippen LogP contribution >= 0.6 is 11.6 Å². The third-order valence-electron chi connectivity index (χ3n) is 2.42. The fourth-order valence-corrected chi connectivity index (χ4v) is 1.58. The standard InChI is InChI=1S/C13H10ClFN2O/c1-8-6-17-12(7-16-8)13(18)5-9-2-3-10(14)11(15)4-9/h2-4,6-7H,5H2,1H3. The fraction of sp³-hybridized carbons (Fsp3) is 0.154. The second-order valence-corrected chi connectivity index (χ2v) is 4.30. The Bertz CT molecular complexity index is 584. The predicted octanol–water partition coefficient (Wildman–Crippen LogP) is 3.00. The summed E-state index contributed by atoms with van der Waals surface area (Å²) in [4.78, 5) is 19.8. The summed E-state index contributed by atoms with van der Waals surface area (Å²) in [6.07, 6.45) is 3.02. The normalized spacial score (nSPS) is 10.4. The lowest BCUT2D eigenvalue weighted by atomic mass is 10.1. The van der Waals surface area contributed by atoms with E-state index in [2.05, 4.69) is 9.97 Å². The van der Waals surface area contributed by atoms with Crippen LogP contribution in [0.1, 0.15) is 21.7 Å². The Morgan fingerprint density at radius 1 is 1.33 bits per heavy atom. The molecule has 1 aromatic carbocycles. The van der Waals surface area contributed by atoms with Gasteiger partial charge in [-0.15, -0.1) is 0 Å². The Labute approximate surface area is 109 Å². The second-order valence-electron chi connectivity index (χ2n) is 3.89. The first-order valence-corrected chi connectivity index (χ1v) is 5.70. The molecule has 0 aliphatic carbocycles. The number of Topliss-reactive ketones (excluding diaryl/α,β-unsaturated/α-hetero) is 1. The van der Waals surface area contributed by atoms with Crippen LogP contribution in [0.2, 0.25) is 5.02 Å². The van der Waals surface area contributed by atoms with Crippen LogP contribution in [0.4, 0.5) is 4.39 Å². The molecule has 1 aromatic heterocycles. The number of aryl methyl sites for hydroxylation is 1. The molecule has 0 radical (unpaired) electrons. The lowest BCUT2D eigenvalue weighted by Gasteiger charge is -2.02. The van der Waals surface area contributed by atoms with Crippen molar-refractivity contribution in [2.24, 2.45) is 0 Å². The molecule has 0 saturated heterocycles. The number of benzene rings is 1. The molecule has 0 saturated carbocycles. The van der Waals surface area contributed by atoms with E-state index < -0.39 is 5.82 Å². The van der Waals surface area contributed by atoms with Crippen LogP contribution in [0.5, 0.6) is 0 Å². The van der Waals surface area contributed by atoms with E-state index >= 15 is 0 Å². The first-order chi connectivity index (χ1) is 8.56. The summed E-state index contributed by atoms with van der Waals surface area (Å²) in [6, 6.07) is 4.30. The molecule has 0 amide bonds. The van der Waals surface area contributed by atoms with Gasteiger partial charge in [-0.3, -0.25) is 9.78 Å². The first-order valence-electron chi connectivity index (χ1n) is 5.32. The summed E-state index contributed by atoms with van der Waals surface area (Å²) < 4.78 is 13.2. The molecule has 0 aliphatic heterocycles. The van der Waals surface area contributed by atoms with Crippen molar-refractivity contribution in [3.8, 4) is 0 Å². The van der Waals surface area contributed by atoms with E-state index in [1.165, 1.54) is 24.5 Å². The molecule has 0 bridgehead atoms. The summed E-state index contributed by atoms with van der Waals surface area (Å²) in [5, 5.41) is 0.0429. The molecular formula is C13H10ClFN2O. The van der Waals surface area contributed by atoms with Crippen LogP contribution in [-0.4, -0.2) is 15.8 Å². The molecule has 0 aliphatic rings. The average molecular weight is 265 g/mol. The topological polar surface area (TPSA) is 42.9 Å². The van der Waals surface area contributed by atoms with Gasteiger partial charge in [-0.1, -0.05) is 17.7 Å². The van der Waals surface area contributed by atoms with E-state index in [1.54, 1.807) is 13.0 Å². The van der Waals surface area contributed by atoms with Crippen molar-refractivity contribution in [2.45, 2.75) is 13.3 Å². The van der Waals surface area contributed by atoms with Gasteiger partial charge in [0.1, 0.15) is 11.5 Å². The molecule has 3 nitrogen and oxygen atoms in total. The molecule has 0 N–H and O–H groups in total. The van der Waals surface area contributed by atoms with Gasteiger partial charge in [-0.2, -0.15) is 0 Å². The highest BCUT2D eigenvalue weighted by Gasteiger charge is 2.10. The Morgan fingerprint density at radius 2 is 2.11 bits per heavy atom. The zero-order chi connectivity index (χ0) is 13.1. The third kappa shape index (κ3) is 2.90. The highest BCUT2D eigenvalue weighted by molar-refractivity contribution is 6.30. The molecule has 92 valence electrons. The van der Waals surface area contributed by atoms with E-state index in [0.29, 0.717) is 5.56 Å². The zero-order valence-electron chi connectivity index (χ0n) is 9.65. The van der Waals surface area contributed by atoms with Gasteiger partial charge in [0.25, 0.3) is 0 Å². The molecule has 0 fully saturated rings. The van der Waals surface area contributed by atoms with Gasteiger partial charge in [0.15, 0.2) is 5.78 Å². The summed E-state index contributed by atoms with van der Waals surface area (Å²) in [6.45, 7) is 1.79. The number of hydrogen-bond acceptors (Lipinski definition) is 3. The van der Waals surface area contributed by atoms with E-state index in [4.69, 9.17) is 11.6 Å². The second kappa shape index (κ2) is 5.23. The molecule has 2 rings (SSSR count). The number of aromatic nitrogens is 2. The quantitative estimate of drug-likeness (QED) is 0.801. The van der Waals surface area contributed by atoms with E-state index in [0.717, 1.165) is 5.69 Å². The summed E-state index contributed by atoms with van der Waals surface area (Å²) in [5.41, 5.74) is 1.57. The molecule has 0 atom stereocenters. The maximum Gasteiger partial charge on any atom is 0.187 e.